The lowest BCUT2D eigenvalue weighted by Crippen LogP contribution is -2.21. The van der Waals surface area contributed by atoms with Crippen LogP contribution in [0.1, 0.15) is 27.7 Å². The molecule has 0 aliphatic heterocycles. The summed E-state index contributed by atoms with van der Waals surface area (Å²) in [5, 5.41) is 18.2. The predicted octanol–water partition coefficient (Wildman–Crippen LogP) is 1.64. The van der Waals surface area contributed by atoms with Gasteiger partial charge < -0.3 is 14.3 Å². The molecule has 0 aliphatic rings. The van der Waals surface area contributed by atoms with Gasteiger partial charge in [0.15, 0.2) is 0 Å². The monoisotopic (exact) mass is 314 g/mol. The zero-order valence-electron chi connectivity index (χ0n) is 11.5. The summed E-state index contributed by atoms with van der Waals surface area (Å²) in [6.45, 7) is 0. The highest BCUT2D eigenvalue weighted by atomic mass is 32.2. The molecule has 3 rings (SSSR count). The smallest absolute Gasteiger partial charge is 0.208 e. The molecule has 112 valence electrons. The Balaban J connectivity index is 1.58. The highest BCUT2D eigenvalue weighted by Crippen LogP contribution is 2.21. The summed E-state index contributed by atoms with van der Waals surface area (Å²) in [6, 6.07) is 13.0. The second-order valence-electron chi connectivity index (χ2n) is 4.57. The highest BCUT2D eigenvalue weighted by molar-refractivity contribution is 7.98. The van der Waals surface area contributed by atoms with Crippen molar-refractivity contribution >= 4 is 17.7 Å². The fourth-order valence-corrected chi connectivity index (χ4v) is 2.62. The number of aromatic carboxylic acids is 1. The Morgan fingerprint density at radius 3 is 2.77 bits per heavy atom. The minimum absolute atomic E-state index is 0.171. The van der Waals surface area contributed by atoms with Crippen molar-refractivity contribution in [1.29, 1.82) is 0 Å². The number of carbonyl (C=O) groups is 1. The molecule has 2 heterocycles. The molecule has 1 N–H and O–H groups in total. The van der Waals surface area contributed by atoms with E-state index in [1.165, 1.54) is 17.8 Å². The maximum Gasteiger partial charge on any atom is 0.208 e. The Morgan fingerprint density at radius 1 is 1.23 bits per heavy atom. The lowest BCUT2D eigenvalue weighted by atomic mass is 10.1. The molecule has 2 aromatic heterocycles. The van der Waals surface area contributed by atoms with E-state index in [4.69, 9.17) is 4.42 Å². The molecule has 7 heteroatoms. The summed E-state index contributed by atoms with van der Waals surface area (Å²) in [5.41, 5.74) is 1.15. The van der Waals surface area contributed by atoms with Gasteiger partial charge in [-0.25, -0.2) is 4.98 Å². The van der Waals surface area contributed by atoms with Crippen LogP contribution in [0, 0.1) is 0 Å². The lowest BCUT2D eigenvalue weighted by molar-refractivity contribution is -0.257. The van der Waals surface area contributed by atoms with Crippen LogP contribution in [0.25, 0.3) is 0 Å². The van der Waals surface area contributed by atoms with Crippen LogP contribution in [-0.4, -0.2) is 21.2 Å². The van der Waals surface area contributed by atoms with Crippen LogP contribution in [0.2, 0.25) is 0 Å². The van der Waals surface area contributed by atoms with Crippen molar-refractivity contribution in [2.75, 3.05) is 0 Å². The normalized spacial score (nSPS) is 10.7. The second-order valence-corrected chi connectivity index (χ2v) is 5.51. The van der Waals surface area contributed by atoms with Gasteiger partial charge in [0.05, 0.1) is 5.75 Å². The SMILES string of the molecule is O=C([O-])c1ccc(CSc2n[nH]c(Cc3ccccc3)n2)o1. The van der Waals surface area contributed by atoms with E-state index in [0.29, 0.717) is 23.1 Å². The van der Waals surface area contributed by atoms with Gasteiger partial charge in [-0.1, -0.05) is 42.1 Å². The maximum atomic E-state index is 10.6. The number of aromatic amines is 1. The van der Waals surface area contributed by atoms with Gasteiger partial charge in [-0.3, -0.25) is 5.10 Å². The number of carboxylic acid groups (broad SMARTS) is 1. The molecule has 22 heavy (non-hydrogen) atoms. The number of furan rings is 1. The topological polar surface area (TPSA) is 94.8 Å². The number of rotatable bonds is 6. The Hall–Kier alpha value is -2.54. The first-order chi connectivity index (χ1) is 10.7. The summed E-state index contributed by atoms with van der Waals surface area (Å²) >= 11 is 1.37. The van der Waals surface area contributed by atoms with Gasteiger partial charge in [-0.15, -0.1) is 5.10 Å². The molecule has 0 spiro atoms. The van der Waals surface area contributed by atoms with Crippen molar-refractivity contribution in [3.63, 3.8) is 0 Å². The van der Waals surface area contributed by atoms with Crippen molar-refractivity contribution in [3.8, 4) is 0 Å². The minimum atomic E-state index is -1.32. The van der Waals surface area contributed by atoms with E-state index in [-0.39, 0.29) is 5.76 Å². The number of carbonyl (C=O) groups excluding carboxylic acids is 1. The Kier molecular flexibility index (Phi) is 4.24. The average molecular weight is 314 g/mol. The number of benzene rings is 1. The predicted molar refractivity (Wildman–Crippen MR) is 78.2 cm³/mol. The molecule has 6 nitrogen and oxygen atoms in total. The largest absolute Gasteiger partial charge is 0.542 e. The molecule has 1 aromatic carbocycles. The Labute approximate surface area is 130 Å². The van der Waals surface area contributed by atoms with Crippen molar-refractivity contribution in [2.24, 2.45) is 0 Å². The van der Waals surface area contributed by atoms with E-state index in [0.717, 1.165) is 11.4 Å². The van der Waals surface area contributed by atoms with E-state index in [1.807, 2.05) is 30.3 Å². The molecule has 0 unspecified atom stereocenters. The Morgan fingerprint density at radius 2 is 2.05 bits per heavy atom. The molecule has 0 aliphatic carbocycles. The second kappa shape index (κ2) is 6.48. The molecule has 0 atom stereocenters. The van der Waals surface area contributed by atoms with E-state index in [1.54, 1.807) is 6.07 Å². The van der Waals surface area contributed by atoms with Gasteiger partial charge in [-0.05, 0) is 17.7 Å². The van der Waals surface area contributed by atoms with Crippen LogP contribution < -0.4 is 5.11 Å². The van der Waals surface area contributed by atoms with Crippen molar-refractivity contribution in [2.45, 2.75) is 17.3 Å². The van der Waals surface area contributed by atoms with Gasteiger partial charge in [0.1, 0.15) is 23.3 Å². The number of aromatic nitrogens is 3. The average Bonchev–Trinajstić information content (AvgIpc) is 3.15. The van der Waals surface area contributed by atoms with Crippen LogP contribution in [0.5, 0.6) is 0 Å². The number of H-pyrrole nitrogens is 1. The summed E-state index contributed by atoms with van der Waals surface area (Å²) in [4.78, 5) is 15.0. The van der Waals surface area contributed by atoms with Gasteiger partial charge in [-0.2, -0.15) is 0 Å². The minimum Gasteiger partial charge on any atom is -0.542 e. The number of nitrogens with one attached hydrogen (secondary N) is 1. The Bertz CT molecular complexity index is 767. The zero-order valence-corrected chi connectivity index (χ0v) is 12.3. The molecule has 0 amide bonds. The van der Waals surface area contributed by atoms with Crippen LogP contribution in [0.4, 0.5) is 0 Å². The number of hydrogen-bond acceptors (Lipinski definition) is 6. The first-order valence-electron chi connectivity index (χ1n) is 6.59. The quantitative estimate of drug-likeness (QED) is 0.695. The van der Waals surface area contributed by atoms with Gasteiger partial charge in [0.2, 0.25) is 5.16 Å². The molecule has 0 bridgehead atoms. The van der Waals surface area contributed by atoms with E-state index < -0.39 is 5.97 Å². The van der Waals surface area contributed by atoms with Crippen molar-refractivity contribution in [3.05, 3.63) is 65.4 Å². The zero-order chi connectivity index (χ0) is 15.4. The molecular formula is C15H12N3O3S-. The van der Waals surface area contributed by atoms with Crippen LogP contribution >= 0.6 is 11.8 Å². The summed E-state index contributed by atoms with van der Waals surface area (Å²) in [5.74, 6) is 0.285. The van der Waals surface area contributed by atoms with Crippen molar-refractivity contribution < 1.29 is 14.3 Å². The highest BCUT2D eigenvalue weighted by Gasteiger charge is 2.08. The summed E-state index contributed by atoms with van der Waals surface area (Å²) < 4.78 is 5.12. The van der Waals surface area contributed by atoms with E-state index >= 15 is 0 Å². The van der Waals surface area contributed by atoms with Gasteiger partial charge in [0, 0.05) is 6.42 Å². The molecule has 0 saturated heterocycles. The van der Waals surface area contributed by atoms with E-state index in [9.17, 15) is 9.90 Å². The fourth-order valence-electron chi connectivity index (χ4n) is 1.91. The summed E-state index contributed by atoms with van der Waals surface area (Å²) in [7, 11) is 0. The first-order valence-corrected chi connectivity index (χ1v) is 7.57. The summed E-state index contributed by atoms with van der Waals surface area (Å²) in [6.07, 6.45) is 0.685. The maximum absolute atomic E-state index is 10.6. The number of thioether (sulfide) groups is 1. The molecule has 0 saturated carbocycles. The van der Waals surface area contributed by atoms with Gasteiger partial charge in [0.25, 0.3) is 0 Å². The van der Waals surface area contributed by atoms with Crippen LogP contribution in [-0.2, 0) is 12.2 Å². The third-order valence-corrected chi connectivity index (χ3v) is 3.80. The fraction of sp³-hybridized carbons (Fsp3) is 0.133. The molecule has 3 aromatic rings. The van der Waals surface area contributed by atoms with Crippen LogP contribution in [0.3, 0.4) is 0 Å². The third-order valence-electron chi connectivity index (χ3n) is 2.93. The van der Waals surface area contributed by atoms with Crippen LogP contribution in [0.15, 0.2) is 52.0 Å². The van der Waals surface area contributed by atoms with E-state index in [2.05, 4.69) is 15.2 Å². The van der Waals surface area contributed by atoms with Crippen molar-refractivity contribution in [1.82, 2.24) is 15.2 Å². The third kappa shape index (κ3) is 3.56. The number of nitrogens with zero attached hydrogens (tertiary/aromatic N) is 2. The lowest BCUT2D eigenvalue weighted by Gasteiger charge is -1.96. The standard InChI is InChI=1S/C15H13N3O3S/c19-14(20)12-7-6-11(21-12)9-22-15-16-13(17-18-15)8-10-4-2-1-3-5-10/h1-7H,8-9H2,(H,19,20)(H,16,17,18)/p-1. The number of hydrogen-bond donors (Lipinski definition) is 1. The first kappa shape index (κ1) is 14.4. The van der Waals surface area contributed by atoms with Gasteiger partial charge >= 0.3 is 0 Å². The molecule has 0 fully saturated rings. The number of carboxylic acids is 1. The molecular weight excluding hydrogens is 302 g/mol. The molecule has 0 radical (unpaired) electrons.